The van der Waals surface area contributed by atoms with Crippen LogP contribution in [0, 0.1) is 0 Å². The van der Waals surface area contributed by atoms with Crippen LogP contribution in [0.25, 0.3) is 117 Å². The number of nitrogens with zero attached hydrogens (tertiary/aromatic N) is 4. The summed E-state index contributed by atoms with van der Waals surface area (Å²) in [5.74, 6) is 0.459. The molecule has 1 aliphatic rings. The number of furan rings is 1. The van der Waals surface area contributed by atoms with Crippen LogP contribution in [0.4, 0.5) is 0 Å². The minimum atomic E-state index is -0.499. The highest BCUT2D eigenvalue weighted by Crippen LogP contribution is 2.52. The predicted octanol–water partition coefficient (Wildman–Crippen LogP) is 15.5. The Bertz CT molecular complexity index is 4090. The number of benzene rings is 9. The number of aromatic nitrogens is 4. The van der Waals surface area contributed by atoms with Gasteiger partial charge in [-0.3, -0.25) is 0 Å². The molecule has 5 nitrogen and oxygen atoms in total. The fourth-order valence-corrected chi connectivity index (χ4v) is 10.2. The molecule has 65 heavy (non-hydrogen) atoms. The topological polar surface area (TPSA) is 56.7 Å². The van der Waals surface area contributed by atoms with Crippen LogP contribution in [-0.2, 0) is 5.41 Å². The Morgan fingerprint density at radius 2 is 1.06 bits per heavy atom. The molecule has 1 aliphatic carbocycles. The molecule has 0 N–H and O–H groups in total. The SMILES string of the molecule is [2H]c1c([2H])c([2H])c(-c2nc(-c3cccc4c3-c3ccccc3C4(C)C)nc(-c3cc(-n4c5ccccc5c5ccccc54)cc4c3oc3cccc(-c5cccc(-c6ccccc6)c5)c34)n2)c([2H])c1[2H]. The van der Waals surface area contributed by atoms with Crippen LogP contribution >= 0.6 is 0 Å². The van der Waals surface area contributed by atoms with Crippen LogP contribution < -0.4 is 0 Å². The molecule has 0 aliphatic heterocycles. The maximum Gasteiger partial charge on any atom is 0.167 e. The normalized spacial score (nSPS) is 14.0. The van der Waals surface area contributed by atoms with Crippen molar-refractivity contribution in [3.8, 4) is 73.2 Å². The highest BCUT2D eigenvalue weighted by molar-refractivity contribution is 6.17. The predicted molar refractivity (Wildman–Crippen MR) is 266 cm³/mol. The van der Waals surface area contributed by atoms with Crippen molar-refractivity contribution in [2.24, 2.45) is 0 Å². The first-order valence-electron chi connectivity index (χ1n) is 24.3. The summed E-state index contributed by atoms with van der Waals surface area (Å²) in [6.45, 7) is 4.42. The lowest BCUT2D eigenvalue weighted by atomic mass is 9.82. The van der Waals surface area contributed by atoms with Crippen molar-refractivity contribution in [2.75, 3.05) is 0 Å². The number of fused-ring (bicyclic) bond motifs is 9. The molecule has 9 aromatic carbocycles. The van der Waals surface area contributed by atoms with Crippen molar-refractivity contribution in [1.29, 1.82) is 0 Å². The highest BCUT2D eigenvalue weighted by Gasteiger charge is 2.37. The Hall–Kier alpha value is -8.41. The van der Waals surface area contributed by atoms with Gasteiger partial charge in [0.05, 0.1) is 23.5 Å². The first-order chi connectivity index (χ1) is 34.1. The molecule has 13 rings (SSSR count). The molecule has 306 valence electrons. The Kier molecular flexibility index (Phi) is 7.11. The molecule has 0 radical (unpaired) electrons. The van der Waals surface area contributed by atoms with E-state index in [2.05, 4.69) is 128 Å². The Balaban J connectivity index is 1.15. The molecule has 0 atom stereocenters. The van der Waals surface area contributed by atoms with Gasteiger partial charge in [0, 0.05) is 43.8 Å². The van der Waals surface area contributed by atoms with E-state index in [1.807, 2.05) is 66.7 Å². The number of rotatable bonds is 6. The number of para-hydroxylation sites is 2. The molecule has 0 fully saturated rings. The van der Waals surface area contributed by atoms with Crippen molar-refractivity contribution < 1.29 is 11.3 Å². The second-order valence-corrected chi connectivity index (χ2v) is 17.2. The monoisotopic (exact) mass is 837 g/mol. The molecule has 0 amide bonds. The van der Waals surface area contributed by atoms with Gasteiger partial charge in [0.1, 0.15) is 11.2 Å². The summed E-state index contributed by atoms with van der Waals surface area (Å²) in [5.41, 5.74) is 13.4. The zero-order chi connectivity index (χ0) is 47.6. The van der Waals surface area contributed by atoms with Gasteiger partial charge in [0.2, 0.25) is 0 Å². The second-order valence-electron chi connectivity index (χ2n) is 17.2. The first kappa shape index (κ1) is 32.3. The van der Waals surface area contributed by atoms with E-state index < -0.39 is 30.2 Å². The smallest absolute Gasteiger partial charge is 0.167 e. The van der Waals surface area contributed by atoms with Crippen molar-refractivity contribution in [3.63, 3.8) is 0 Å². The van der Waals surface area contributed by atoms with Gasteiger partial charge in [0.15, 0.2) is 17.5 Å². The molecule has 3 heterocycles. The van der Waals surface area contributed by atoms with Crippen LogP contribution in [0.5, 0.6) is 0 Å². The molecular weight excluding hydrogens is 793 g/mol. The van der Waals surface area contributed by atoms with Gasteiger partial charge in [0.25, 0.3) is 0 Å². The summed E-state index contributed by atoms with van der Waals surface area (Å²) >= 11 is 0. The molecular formula is C60H40N4O. The first-order valence-corrected chi connectivity index (χ1v) is 21.8. The molecule has 3 aromatic heterocycles. The average Bonchev–Trinajstić information content (AvgIpc) is 4.03. The van der Waals surface area contributed by atoms with E-state index >= 15 is 0 Å². The lowest BCUT2D eigenvalue weighted by Gasteiger charge is -2.21. The van der Waals surface area contributed by atoms with Crippen molar-refractivity contribution in [2.45, 2.75) is 19.3 Å². The lowest BCUT2D eigenvalue weighted by molar-refractivity contribution is 0.660. The van der Waals surface area contributed by atoms with Crippen molar-refractivity contribution in [3.05, 3.63) is 217 Å². The van der Waals surface area contributed by atoms with Gasteiger partial charge in [-0.25, -0.2) is 15.0 Å². The third kappa shape index (κ3) is 5.75. The highest BCUT2D eigenvalue weighted by atomic mass is 16.3. The molecule has 0 bridgehead atoms. The molecule has 0 saturated carbocycles. The second kappa shape index (κ2) is 14.3. The molecule has 12 aromatic rings. The summed E-state index contributed by atoms with van der Waals surface area (Å²) in [6.07, 6.45) is 0. The lowest BCUT2D eigenvalue weighted by Crippen LogP contribution is -2.14. The van der Waals surface area contributed by atoms with Gasteiger partial charge < -0.3 is 8.98 Å². The summed E-state index contributed by atoms with van der Waals surface area (Å²) in [4.78, 5) is 15.6. The minimum Gasteiger partial charge on any atom is -0.455 e. The Morgan fingerprint density at radius 3 is 1.86 bits per heavy atom. The molecule has 5 heteroatoms. The van der Waals surface area contributed by atoms with Crippen LogP contribution in [0.15, 0.2) is 211 Å². The minimum absolute atomic E-state index is 0.0508. The summed E-state index contributed by atoms with van der Waals surface area (Å²) in [7, 11) is 0. The third-order valence-electron chi connectivity index (χ3n) is 13.1. The Labute approximate surface area is 383 Å². The van der Waals surface area contributed by atoms with Crippen molar-refractivity contribution in [1.82, 2.24) is 19.5 Å². The van der Waals surface area contributed by atoms with E-state index in [-0.39, 0.29) is 22.6 Å². The van der Waals surface area contributed by atoms with Crippen molar-refractivity contribution >= 4 is 43.7 Å². The van der Waals surface area contributed by atoms with Gasteiger partial charge in [-0.15, -0.1) is 0 Å². The molecule has 0 spiro atoms. The zero-order valence-electron chi connectivity index (χ0n) is 40.4. The fourth-order valence-electron chi connectivity index (χ4n) is 10.2. The van der Waals surface area contributed by atoms with Crippen LogP contribution in [0.3, 0.4) is 0 Å². The quantitative estimate of drug-likeness (QED) is 0.167. The van der Waals surface area contributed by atoms with E-state index in [4.69, 9.17) is 26.2 Å². The number of hydrogen-bond donors (Lipinski definition) is 0. The average molecular weight is 838 g/mol. The standard InChI is InChI=1S/C60H40N4O/c1-60(2)49-29-12-9-26-45(49)54-46(28-16-30-50(54)60)58-61-57(38-20-7-4-8-21-38)62-59(63-58)48-36-41(64-51-31-13-10-24-43(51)44-25-11-14-32-52(44)64)35-47-55-42(27-17-33-53(55)65-56(47)48)40-23-15-22-39(34-40)37-18-5-3-6-19-37/h3-36H,1-2H3/i4D,7D,8D,20D,21D. The largest absolute Gasteiger partial charge is 0.455 e. The van der Waals surface area contributed by atoms with Gasteiger partial charge >= 0.3 is 0 Å². The van der Waals surface area contributed by atoms with Gasteiger partial charge in [-0.2, -0.15) is 0 Å². The number of hydrogen-bond acceptors (Lipinski definition) is 4. The van der Waals surface area contributed by atoms with E-state index in [1.54, 1.807) is 0 Å². The van der Waals surface area contributed by atoms with E-state index in [0.717, 1.165) is 82.8 Å². The maximum absolute atomic E-state index is 9.16. The maximum atomic E-state index is 9.16. The van der Waals surface area contributed by atoms with E-state index in [9.17, 15) is 0 Å². The fraction of sp³-hybridized carbons (Fsp3) is 0.0500. The zero-order valence-corrected chi connectivity index (χ0v) is 35.4. The van der Waals surface area contributed by atoms with Gasteiger partial charge in [-0.1, -0.05) is 184 Å². The summed E-state index contributed by atoms with van der Waals surface area (Å²) < 4.78 is 53.5. The van der Waals surface area contributed by atoms with Crippen LogP contribution in [0.2, 0.25) is 0 Å². The summed E-state index contributed by atoms with van der Waals surface area (Å²) in [5, 5.41) is 3.93. The van der Waals surface area contributed by atoms with Crippen LogP contribution in [-0.4, -0.2) is 19.5 Å². The van der Waals surface area contributed by atoms with Gasteiger partial charge in [-0.05, 0) is 80.9 Å². The Morgan fingerprint density at radius 1 is 0.462 bits per heavy atom. The van der Waals surface area contributed by atoms with E-state index in [1.165, 1.54) is 5.56 Å². The molecule has 0 unspecified atom stereocenters. The summed E-state index contributed by atoms with van der Waals surface area (Å²) in [6, 6.07) is 58.2. The van der Waals surface area contributed by atoms with E-state index in [0.29, 0.717) is 22.6 Å². The molecule has 0 saturated heterocycles. The third-order valence-corrected chi connectivity index (χ3v) is 13.1. The van der Waals surface area contributed by atoms with Crippen LogP contribution in [0.1, 0.15) is 31.8 Å².